The van der Waals surface area contributed by atoms with Crippen molar-refractivity contribution in [3.63, 3.8) is 0 Å². The average molecular weight is 310 g/mol. The Morgan fingerprint density at radius 2 is 1.83 bits per heavy atom. The van der Waals surface area contributed by atoms with Gasteiger partial charge in [0, 0.05) is 0 Å². The molecule has 0 bridgehead atoms. The van der Waals surface area contributed by atoms with E-state index in [0.29, 0.717) is 11.3 Å². The number of carbonyl (C=O) groups excluding carboxylic acids is 1. The molecule has 2 N–H and O–H groups in total. The molecule has 0 saturated carbocycles. The second kappa shape index (κ2) is 5.76. The normalized spacial score (nSPS) is 14.9. The predicted molar refractivity (Wildman–Crippen MR) is 88.7 cm³/mol. The van der Waals surface area contributed by atoms with Crippen molar-refractivity contribution in [3.8, 4) is 0 Å². The molecule has 118 valence electrons. The van der Waals surface area contributed by atoms with E-state index < -0.39 is 12.0 Å². The van der Waals surface area contributed by atoms with Gasteiger partial charge in [-0.3, -0.25) is 9.69 Å². The van der Waals surface area contributed by atoms with Crippen molar-refractivity contribution in [2.45, 2.75) is 19.9 Å². The molecule has 0 radical (unpaired) electrons. The van der Waals surface area contributed by atoms with E-state index in [0.717, 1.165) is 16.8 Å². The molecule has 5 heteroatoms. The first-order chi connectivity index (χ1) is 11.0. The minimum Gasteiger partial charge on any atom is -0.479 e. The van der Waals surface area contributed by atoms with Gasteiger partial charge in [-0.15, -0.1) is 0 Å². The van der Waals surface area contributed by atoms with Gasteiger partial charge in [0.15, 0.2) is 6.04 Å². The first-order valence-electron chi connectivity index (χ1n) is 7.44. The molecule has 0 spiro atoms. The summed E-state index contributed by atoms with van der Waals surface area (Å²) >= 11 is 0. The number of hydrogen-bond acceptors (Lipinski definition) is 3. The molecule has 0 aliphatic carbocycles. The second-order valence-electron chi connectivity index (χ2n) is 5.72. The minimum absolute atomic E-state index is 0.0894. The van der Waals surface area contributed by atoms with Crippen molar-refractivity contribution < 1.29 is 14.7 Å². The van der Waals surface area contributed by atoms with Crippen LogP contribution in [0.4, 0.5) is 11.4 Å². The molecule has 0 saturated heterocycles. The van der Waals surface area contributed by atoms with Crippen LogP contribution >= 0.6 is 0 Å². The maximum absolute atomic E-state index is 12.5. The highest BCUT2D eigenvalue weighted by molar-refractivity contribution is 6.06. The zero-order valence-corrected chi connectivity index (χ0v) is 13.0. The zero-order chi connectivity index (χ0) is 16.6. The van der Waals surface area contributed by atoms with Crippen LogP contribution in [-0.4, -0.2) is 23.5 Å². The molecular formula is C18H18N2O3. The SMILES string of the molecule is Cc1cc2c(cc1C)N(C(C(=O)O)c1ccccc1)C(=O)CN2. The third kappa shape index (κ3) is 2.65. The van der Waals surface area contributed by atoms with Crippen LogP contribution in [0.3, 0.4) is 0 Å². The summed E-state index contributed by atoms with van der Waals surface area (Å²) in [4.78, 5) is 25.7. The maximum Gasteiger partial charge on any atom is 0.331 e. The van der Waals surface area contributed by atoms with Gasteiger partial charge in [-0.25, -0.2) is 4.79 Å². The molecule has 5 nitrogen and oxygen atoms in total. The van der Waals surface area contributed by atoms with Gasteiger partial charge in [0.05, 0.1) is 17.9 Å². The Bertz CT molecular complexity index is 771. The van der Waals surface area contributed by atoms with Gasteiger partial charge in [-0.05, 0) is 42.7 Å². The molecule has 1 heterocycles. The summed E-state index contributed by atoms with van der Waals surface area (Å²) in [6, 6.07) is 11.6. The standard InChI is InChI=1S/C18H18N2O3/c1-11-8-14-15(9-12(11)2)20(16(21)10-19-14)17(18(22)23)13-6-4-3-5-7-13/h3-9,17,19H,10H2,1-2H3,(H,22,23). The number of carboxylic acids is 1. The summed E-state index contributed by atoms with van der Waals surface area (Å²) < 4.78 is 0. The number of hydrogen-bond donors (Lipinski definition) is 2. The quantitative estimate of drug-likeness (QED) is 0.914. The van der Waals surface area contributed by atoms with E-state index in [1.807, 2.05) is 32.0 Å². The highest BCUT2D eigenvalue weighted by Gasteiger charge is 2.36. The molecule has 23 heavy (non-hydrogen) atoms. The van der Waals surface area contributed by atoms with Gasteiger partial charge >= 0.3 is 5.97 Å². The number of aryl methyl sites for hydroxylation is 2. The van der Waals surface area contributed by atoms with Crippen LogP contribution in [0.25, 0.3) is 0 Å². The molecule has 1 aliphatic rings. The number of amides is 1. The number of fused-ring (bicyclic) bond motifs is 1. The zero-order valence-electron chi connectivity index (χ0n) is 13.0. The lowest BCUT2D eigenvalue weighted by molar-refractivity contribution is -0.140. The van der Waals surface area contributed by atoms with E-state index in [1.54, 1.807) is 24.3 Å². The molecule has 0 fully saturated rings. The van der Waals surface area contributed by atoms with E-state index in [4.69, 9.17) is 0 Å². The fourth-order valence-corrected chi connectivity index (χ4v) is 2.85. The van der Waals surface area contributed by atoms with Crippen LogP contribution in [0.5, 0.6) is 0 Å². The lowest BCUT2D eigenvalue weighted by Gasteiger charge is -2.35. The van der Waals surface area contributed by atoms with Gasteiger partial charge in [0.1, 0.15) is 0 Å². The summed E-state index contributed by atoms with van der Waals surface area (Å²) in [6.07, 6.45) is 0. The smallest absolute Gasteiger partial charge is 0.331 e. The third-order valence-electron chi connectivity index (χ3n) is 4.18. The monoisotopic (exact) mass is 310 g/mol. The summed E-state index contributed by atoms with van der Waals surface area (Å²) in [5.74, 6) is -1.30. The van der Waals surface area contributed by atoms with Crippen LogP contribution in [0, 0.1) is 13.8 Å². The molecule has 0 aromatic heterocycles. The molecule has 1 amide bonds. The van der Waals surface area contributed by atoms with E-state index in [2.05, 4.69) is 5.32 Å². The lowest BCUT2D eigenvalue weighted by Crippen LogP contribution is -2.45. The number of anilines is 2. The fraction of sp³-hybridized carbons (Fsp3) is 0.222. The van der Waals surface area contributed by atoms with E-state index in [9.17, 15) is 14.7 Å². The van der Waals surface area contributed by atoms with Crippen LogP contribution in [-0.2, 0) is 9.59 Å². The first kappa shape index (κ1) is 15.1. The Morgan fingerprint density at radius 3 is 2.48 bits per heavy atom. The van der Waals surface area contributed by atoms with E-state index in [1.165, 1.54) is 4.90 Å². The number of aliphatic carboxylic acids is 1. The highest BCUT2D eigenvalue weighted by Crippen LogP contribution is 2.37. The largest absolute Gasteiger partial charge is 0.479 e. The summed E-state index contributed by atoms with van der Waals surface area (Å²) in [5.41, 5.74) is 4.09. The van der Waals surface area contributed by atoms with Crippen molar-refractivity contribution in [3.05, 3.63) is 59.2 Å². The Hall–Kier alpha value is -2.82. The molecule has 1 aliphatic heterocycles. The minimum atomic E-state index is -1.05. The van der Waals surface area contributed by atoms with Gasteiger partial charge < -0.3 is 10.4 Å². The number of benzene rings is 2. The van der Waals surface area contributed by atoms with Crippen molar-refractivity contribution in [2.24, 2.45) is 0 Å². The van der Waals surface area contributed by atoms with Gasteiger partial charge in [0.2, 0.25) is 5.91 Å². The number of carbonyl (C=O) groups is 2. The summed E-state index contributed by atoms with van der Waals surface area (Å²) in [7, 11) is 0. The van der Waals surface area contributed by atoms with Crippen LogP contribution in [0.1, 0.15) is 22.7 Å². The Kier molecular flexibility index (Phi) is 3.78. The summed E-state index contributed by atoms with van der Waals surface area (Å²) in [6.45, 7) is 4.03. The molecule has 1 atom stereocenters. The number of nitrogens with zero attached hydrogens (tertiary/aromatic N) is 1. The Labute approximate surface area is 134 Å². The van der Waals surface area contributed by atoms with E-state index >= 15 is 0 Å². The Balaban J connectivity index is 2.16. The lowest BCUT2D eigenvalue weighted by atomic mass is 10.00. The first-order valence-corrected chi connectivity index (χ1v) is 7.44. The fourth-order valence-electron chi connectivity index (χ4n) is 2.85. The Morgan fingerprint density at radius 1 is 1.17 bits per heavy atom. The second-order valence-corrected chi connectivity index (χ2v) is 5.72. The van der Waals surface area contributed by atoms with Gasteiger partial charge in [-0.1, -0.05) is 30.3 Å². The molecule has 1 unspecified atom stereocenters. The van der Waals surface area contributed by atoms with Gasteiger partial charge in [-0.2, -0.15) is 0 Å². The number of carboxylic acid groups (broad SMARTS) is 1. The molecule has 2 aromatic rings. The molecule has 2 aromatic carbocycles. The molecule has 3 rings (SSSR count). The van der Waals surface area contributed by atoms with Crippen LogP contribution < -0.4 is 10.2 Å². The van der Waals surface area contributed by atoms with Crippen molar-refractivity contribution >= 4 is 23.3 Å². The topological polar surface area (TPSA) is 69.6 Å². The van der Waals surface area contributed by atoms with Crippen LogP contribution in [0.15, 0.2) is 42.5 Å². The highest BCUT2D eigenvalue weighted by atomic mass is 16.4. The predicted octanol–water partition coefficient (Wildman–Crippen LogP) is 2.89. The maximum atomic E-state index is 12.5. The number of rotatable bonds is 3. The third-order valence-corrected chi connectivity index (χ3v) is 4.18. The van der Waals surface area contributed by atoms with Gasteiger partial charge in [0.25, 0.3) is 0 Å². The summed E-state index contributed by atoms with van der Waals surface area (Å²) in [5, 5.41) is 12.8. The number of nitrogens with one attached hydrogen (secondary N) is 1. The van der Waals surface area contributed by atoms with Crippen molar-refractivity contribution in [1.29, 1.82) is 0 Å². The van der Waals surface area contributed by atoms with Crippen molar-refractivity contribution in [1.82, 2.24) is 0 Å². The van der Waals surface area contributed by atoms with E-state index in [-0.39, 0.29) is 12.5 Å². The average Bonchev–Trinajstić information content (AvgIpc) is 2.52. The van der Waals surface area contributed by atoms with Crippen molar-refractivity contribution in [2.75, 3.05) is 16.8 Å². The van der Waals surface area contributed by atoms with Crippen LogP contribution in [0.2, 0.25) is 0 Å². The molecular weight excluding hydrogens is 292 g/mol.